The monoisotopic (exact) mass is 435 g/mol. The molecule has 1 atom stereocenters. The van der Waals surface area contributed by atoms with Gasteiger partial charge in [-0.05, 0) is 62.7 Å². The maximum Gasteiger partial charge on any atom is 0.191 e. The zero-order chi connectivity index (χ0) is 20.2. The van der Waals surface area contributed by atoms with Crippen molar-refractivity contribution in [1.29, 1.82) is 0 Å². The predicted octanol–water partition coefficient (Wildman–Crippen LogP) is 3.24. The molecule has 158 valence electrons. The average molecular weight is 436 g/mol. The van der Waals surface area contributed by atoms with E-state index in [9.17, 15) is 13.2 Å². The van der Waals surface area contributed by atoms with Gasteiger partial charge < -0.3 is 4.57 Å². The predicted molar refractivity (Wildman–Crippen MR) is 113 cm³/mol. The lowest BCUT2D eigenvalue weighted by Gasteiger charge is -2.56. The van der Waals surface area contributed by atoms with Gasteiger partial charge in [-0.25, -0.2) is 8.42 Å². The van der Waals surface area contributed by atoms with Gasteiger partial charge in [0.05, 0.1) is 17.3 Å². The summed E-state index contributed by atoms with van der Waals surface area (Å²) in [5.41, 5.74) is -0.0899. The first kappa shape index (κ1) is 19.8. The Bertz CT molecular complexity index is 902. The van der Waals surface area contributed by atoms with Crippen LogP contribution in [0.15, 0.2) is 17.8 Å². The van der Waals surface area contributed by atoms with Crippen molar-refractivity contribution in [2.24, 2.45) is 23.2 Å². The first-order valence-electron chi connectivity index (χ1n) is 10.8. The maximum atomic E-state index is 13.3. The number of aromatic nitrogens is 3. The summed E-state index contributed by atoms with van der Waals surface area (Å²) in [6, 6.07) is 0. The number of carbonyl (C=O) groups is 1. The van der Waals surface area contributed by atoms with Crippen molar-refractivity contribution in [3.8, 4) is 0 Å². The van der Waals surface area contributed by atoms with Gasteiger partial charge in [-0.2, -0.15) is 0 Å². The second kappa shape index (κ2) is 7.22. The van der Waals surface area contributed by atoms with E-state index in [1.54, 1.807) is 6.08 Å². The lowest BCUT2D eigenvalue weighted by Crippen LogP contribution is -2.50. The van der Waals surface area contributed by atoms with Crippen LogP contribution in [-0.2, 0) is 21.2 Å². The van der Waals surface area contributed by atoms with E-state index in [1.807, 2.05) is 4.57 Å². The van der Waals surface area contributed by atoms with Crippen molar-refractivity contribution in [3.63, 3.8) is 0 Å². The summed E-state index contributed by atoms with van der Waals surface area (Å²) in [7, 11) is -2.99. The third-order valence-electron chi connectivity index (χ3n) is 7.62. The van der Waals surface area contributed by atoms with Crippen molar-refractivity contribution >= 4 is 27.4 Å². The van der Waals surface area contributed by atoms with Gasteiger partial charge in [0.2, 0.25) is 0 Å². The van der Waals surface area contributed by atoms with Gasteiger partial charge in [0.1, 0.15) is 11.6 Å². The molecular formula is C21H29N3O3S2. The van der Waals surface area contributed by atoms with E-state index >= 15 is 0 Å². The quantitative estimate of drug-likeness (QED) is 0.483. The number of Topliss-reactive ketones (excluding diaryl/α,β-unsaturated/α-hetero) is 1. The number of sulfone groups is 1. The average Bonchev–Trinajstić information content (AvgIpc) is 3.21. The summed E-state index contributed by atoms with van der Waals surface area (Å²) < 4.78 is 25.7. The summed E-state index contributed by atoms with van der Waals surface area (Å²) in [6.45, 7) is 4.36. The van der Waals surface area contributed by atoms with Gasteiger partial charge in [-0.15, -0.1) is 16.8 Å². The van der Waals surface area contributed by atoms with Gasteiger partial charge in [0, 0.05) is 17.9 Å². The standard InChI is InChI=1S/C21H29N3O3S2/c1-2-4-24-19(17-3-5-29(26,27)13-17)22-23-20(24)28-12-18(25)21-9-14-6-15(10-21)8-16(7-14)11-21/h2,14-17H,1,3-13H2/t14?,15?,16?,17-,21?/m1/s1. The minimum absolute atomic E-state index is 0.0899. The largest absolute Gasteiger partial charge is 0.302 e. The Morgan fingerprint density at radius 2 is 1.83 bits per heavy atom. The van der Waals surface area contributed by atoms with Crippen molar-refractivity contribution in [2.45, 2.75) is 62.6 Å². The number of ketones is 1. The van der Waals surface area contributed by atoms with E-state index < -0.39 is 9.84 Å². The molecule has 1 aromatic rings. The molecule has 0 unspecified atom stereocenters. The molecule has 29 heavy (non-hydrogen) atoms. The minimum Gasteiger partial charge on any atom is -0.302 e. The fourth-order valence-electron chi connectivity index (χ4n) is 6.74. The van der Waals surface area contributed by atoms with Crippen LogP contribution in [0.4, 0.5) is 0 Å². The molecule has 4 aliphatic carbocycles. The van der Waals surface area contributed by atoms with Gasteiger partial charge in [0.25, 0.3) is 0 Å². The van der Waals surface area contributed by atoms with Crippen molar-refractivity contribution in [3.05, 3.63) is 18.5 Å². The second-order valence-electron chi connectivity index (χ2n) is 9.75. The highest BCUT2D eigenvalue weighted by Gasteiger charge is 2.54. The fourth-order valence-corrected chi connectivity index (χ4v) is 9.47. The molecular weight excluding hydrogens is 406 g/mol. The summed E-state index contributed by atoms with van der Waals surface area (Å²) in [5, 5.41) is 9.36. The van der Waals surface area contributed by atoms with E-state index in [0.29, 0.717) is 29.7 Å². The molecule has 2 heterocycles. The Kier molecular flexibility index (Phi) is 4.93. The molecule has 0 aromatic carbocycles. The van der Waals surface area contributed by atoms with Crippen LogP contribution in [-0.4, -0.2) is 46.2 Å². The Hall–Kier alpha value is -1.15. The first-order valence-corrected chi connectivity index (χ1v) is 13.6. The molecule has 4 saturated carbocycles. The van der Waals surface area contributed by atoms with Crippen LogP contribution < -0.4 is 0 Å². The third kappa shape index (κ3) is 3.60. The van der Waals surface area contributed by atoms with Gasteiger partial charge in [-0.3, -0.25) is 4.79 Å². The molecule has 8 heteroatoms. The maximum absolute atomic E-state index is 13.3. The highest BCUT2D eigenvalue weighted by Crippen LogP contribution is 2.60. The minimum atomic E-state index is -2.99. The molecule has 1 saturated heterocycles. The Labute approximate surface area is 176 Å². The summed E-state index contributed by atoms with van der Waals surface area (Å²) in [5.74, 6) is 4.06. The number of hydrogen-bond acceptors (Lipinski definition) is 6. The van der Waals surface area contributed by atoms with Crippen molar-refractivity contribution in [2.75, 3.05) is 17.3 Å². The second-order valence-corrected chi connectivity index (χ2v) is 12.9. The fraction of sp³-hybridized carbons (Fsp3) is 0.762. The molecule has 5 aliphatic rings. The van der Waals surface area contributed by atoms with Crippen LogP contribution in [0.3, 0.4) is 0 Å². The van der Waals surface area contributed by atoms with Crippen LogP contribution in [0.25, 0.3) is 0 Å². The first-order chi connectivity index (χ1) is 13.9. The molecule has 1 aromatic heterocycles. The number of hydrogen-bond donors (Lipinski definition) is 0. The van der Waals surface area contributed by atoms with Gasteiger partial charge in [-0.1, -0.05) is 17.8 Å². The highest BCUT2D eigenvalue weighted by atomic mass is 32.2. The van der Waals surface area contributed by atoms with E-state index in [1.165, 1.54) is 31.0 Å². The number of allylic oxidation sites excluding steroid dienone is 1. The van der Waals surface area contributed by atoms with Crippen LogP contribution in [0.5, 0.6) is 0 Å². The SMILES string of the molecule is C=CCn1c(SCC(=O)C23CC4CC(CC(C4)C2)C3)nnc1[C@@H]1CCS(=O)(=O)C1. The molecule has 6 nitrogen and oxygen atoms in total. The van der Waals surface area contributed by atoms with E-state index in [2.05, 4.69) is 16.8 Å². The molecule has 5 fully saturated rings. The summed E-state index contributed by atoms with van der Waals surface area (Å²) in [4.78, 5) is 13.3. The Morgan fingerprint density at radius 3 is 2.38 bits per heavy atom. The molecule has 0 spiro atoms. The Balaban J connectivity index is 1.31. The molecule has 0 N–H and O–H groups in total. The van der Waals surface area contributed by atoms with Crippen LogP contribution in [0, 0.1) is 23.2 Å². The zero-order valence-corrected chi connectivity index (χ0v) is 18.4. The zero-order valence-electron chi connectivity index (χ0n) is 16.8. The number of rotatable bonds is 7. The van der Waals surface area contributed by atoms with Crippen LogP contribution in [0.2, 0.25) is 0 Å². The van der Waals surface area contributed by atoms with E-state index in [-0.39, 0.29) is 22.8 Å². The summed E-state index contributed by atoms with van der Waals surface area (Å²) in [6.07, 6.45) is 9.63. The number of thioether (sulfide) groups is 1. The molecule has 4 bridgehead atoms. The molecule has 0 amide bonds. The molecule has 1 aliphatic heterocycles. The van der Waals surface area contributed by atoms with Crippen molar-refractivity contribution in [1.82, 2.24) is 14.8 Å². The van der Waals surface area contributed by atoms with E-state index in [0.717, 1.165) is 42.8 Å². The lowest BCUT2D eigenvalue weighted by molar-refractivity contribution is -0.141. The Morgan fingerprint density at radius 1 is 1.17 bits per heavy atom. The highest BCUT2D eigenvalue weighted by molar-refractivity contribution is 7.99. The molecule has 6 rings (SSSR count). The summed E-state index contributed by atoms with van der Waals surface area (Å²) >= 11 is 1.47. The number of carbonyl (C=O) groups excluding carboxylic acids is 1. The third-order valence-corrected chi connectivity index (χ3v) is 10.4. The van der Waals surface area contributed by atoms with Gasteiger partial charge in [0.15, 0.2) is 15.0 Å². The molecule has 0 radical (unpaired) electrons. The van der Waals surface area contributed by atoms with Crippen LogP contribution in [0.1, 0.15) is 56.7 Å². The normalized spacial score (nSPS) is 37.1. The van der Waals surface area contributed by atoms with E-state index in [4.69, 9.17) is 0 Å². The van der Waals surface area contributed by atoms with Crippen molar-refractivity contribution < 1.29 is 13.2 Å². The van der Waals surface area contributed by atoms with Crippen LogP contribution >= 0.6 is 11.8 Å². The topological polar surface area (TPSA) is 81.9 Å². The lowest BCUT2D eigenvalue weighted by atomic mass is 9.48. The smallest absolute Gasteiger partial charge is 0.191 e. The van der Waals surface area contributed by atoms with Gasteiger partial charge >= 0.3 is 0 Å². The number of nitrogens with zero attached hydrogens (tertiary/aromatic N) is 3.